The molecule has 0 aliphatic rings. The molecule has 19 heavy (non-hydrogen) atoms. The van der Waals surface area contributed by atoms with Gasteiger partial charge in [0.15, 0.2) is 0 Å². The van der Waals surface area contributed by atoms with E-state index in [0.29, 0.717) is 16.5 Å². The molecule has 0 aliphatic carbocycles. The van der Waals surface area contributed by atoms with Crippen LogP contribution in [0.1, 0.15) is 36.8 Å². The van der Waals surface area contributed by atoms with E-state index in [-0.39, 0.29) is 11.5 Å². The van der Waals surface area contributed by atoms with Crippen molar-refractivity contribution in [3.63, 3.8) is 0 Å². The molecule has 1 aromatic heterocycles. The fourth-order valence-electron chi connectivity index (χ4n) is 1.61. The van der Waals surface area contributed by atoms with Crippen LogP contribution in [0.5, 0.6) is 0 Å². The second kappa shape index (κ2) is 5.85. The number of halogens is 1. The number of hydrogen-bond acceptors (Lipinski definition) is 2. The van der Waals surface area contributed by atoms with Crippen LogP contribution in [0, 0.1) is 0 Å². The minimum absolute atomic E-state index is 0.130. The molecule has 1 heterocycles. The maximum Gasteiger partial charge on any atom is 0.251 e. The van der Waals surface area contributed by atoms with Crippen molar-refractivity contribution in [3.05, 3.63) is 62.8 Å². The first-order chi connectivity index (χ1) is 9.04. The number of aromatic amines is 1. The monoisotopic (exact) mass is 274 g/mol. The highest BCUT2D eigenvalue weighted by Crippen LogP contribution is 2.12. The third kappa shape index (κ3) is 3.80. The van der Waals surface area contributed by atoms with Crippen molar-refractivity contribution >= 4 is 23.8 Å². The lowest BCUT2D eigenvalue weighted by Crippen LogP contribution is -2.12. The Labute approximate surface area is 117 Å². The van der Waals surface area contributed by atoms with E-state index in [1.54, 1.807) is 0 Å². The van der Waals surface area contributed by atoms with E-state index in [1.807, 2.05) is 50.3 Å². The Hall–Kier alpha value is -1.87. The lowest BCUT2D eigenvalue weighted by Gasteiger charge is -2.04. The van der Waals surface area contributed by atoms with Crippen LogP contribution in [0.3, 0.4) is 0 Å². The van der Waals surface area contributed by atoms with Gasteiger partial charge >= 0.3 is 0 Å². The Balaban J connectivity index is 2.28. The van der Waals surface area contributed by atoms with Crippen molar-refractivity contribution in [2.24, 2.45) is 0 Å². The SMILES string of the molecule is CC(C)c1nc(C=Cc2ccc(Cl)cc2)cc(=O)[nH]1. The van der Waals surface area contributed by atoms with Gasteiger partial charge in [0.1, 0.15) is 5.82 Å². The standard InChI is InChI=1S/C15H15ClN2O/c1-10(2)15-17-13(9-14(19)18-15)8-5-11-3-6-12(16)7-4-11/h3-10H,1-2H3,(H,17,18,19). The predicted octanol–water partition coefficient (Wildman–Crippen LogP) is 3.72. The normalized spacial score (nSPS) is 11.4. The summed E-state index contributed by atoms with van der Waals surface area (Å²) in [6.45, 7) is 3.98. The zero-order chi connectivity index (χ0) is 13.8. The summed E-state index contributed by atoms with van der Waals surface area (Å²) in [5.41, 5.74) is 1.54. The summed E-state index contributed by atoms with van der Waals surface area (Å²) in [4.78, 5) is 18.7. The average molecular weight is 275 g/mol. The second-order valence-corrected chi connectivity index (χ2v) is 5.03. The number of nitrogens with one attached hydrogen (secondary N) is 1. The van der Waals surface area contributed by atoms with Gasteiger partial charge in [-0.25, -0.2) is 4.98 Å². The fraction of sp³-hybridized carbons (Fsp3) is 0.200. The van der Waals surface area contributed by atoms with Crippen LogP contribution < -0.4 is 5.56 Å². The molecule has 0 spiro atoms. The Morgan fingerprint density at radius 3 is 2.53 bits per heavy atom. The molecule has 1 aromatic carbocycles. The summed E-state index contributed by atoms with van der Waals surface area (Å²) in [6.07, 6.45) is 3.73. The minimum atomic E-state index is -0.130. The van der Waals surface area contributed by atoms with Gasteiger partial charge < -0.3 is 4.98 Å². The first kappa shape index (κ1) is 13.6. The molecule has 0 atom stereocenters. The van der Waals surface area contributed by atoms with Gasteiger partial charge in [0.2, 0.25) is 0 Å². The quantitative estimate of drug-likeness (QED) is 0.927. The van der Waals surface area contributed by atoms with Crippen molar-refractivity contribution in [1.82, 2.24) is 9.97 Å². The van der Waals surface area contributed by atoms with Crippen LogP contribution in [0.4, 0.5) is 0 Å². The van der Waals surface area contributed by atoms with Crippen LogP contribution >= 0.6 is 11.6 Å². The maximum atomic E-state index is 11.5. The van der Waals surface area contributed by atoms with Gasteiger partial charge in [-0.3, -0.25) is 4.79 Å². The van der Waals surface area contributed by atoms with Crippen LogP contribution in [-0.2, 0) is 0 Å². The number of hydrogen-bond donors (Lipinski definition) is 1. The molecule has 2 aromatic rings. The Kier molecular flexibility index (Phi) is 4.17. The molecular weight excluding hydrogens is 260 g/mol. The third-order valence-corrected chi connectivity index (χ3v) is 2.90. The van der Waals surface area contributed by atoms with E-state index >= 15 is 0 Å². The Morgan fingerprint density at radius 1 is 1.21 bits per heavy atom. The Morgan fingerprint density at radius 2 is 1.89 bits per heavy atom. The lowest BCUT2D eigenvalue weighted by molar-refractivity contribution is 0.764. The van der Waals surface area contributed by atoms with Crippen LogP contribution in [0.2, 0.25) is 5.02 Å². The molecule has 0 fully saturated rings. The highest BCUT2D eigenvalue weighted by Gasteiger charge is 2.03. The second-order valence-electron chi connectivity index (χ2n) is 4.60. The van der Waals surface area contributed by atoms with Gasteiger partial charge in [-0.1, -0.05) is 43.7 Å². The first-order valence-electron chi connectivity index (χ1n) is 6.09. The van der Waals surface area contributed by atoms with Crippen molar-refractivity contribution < 1.29 is 0 Å². The number of rotatable bonds is 3. The molecule has 0 saturated carbocycles. The van der Waals surface area contributed by atoms with E-state index in [4.69, 9.17) is 11.6 Å². The van der Waals surface area contributed by atoms with Gasteiger partial charge in [-0.2, -0.15) is 0 Å². The summed E-state index contributed by atoms with van der Waals surface area (Å²) in [6, 6.07) is 8.96. The summed E-state index contributed by atoms with van der Waals surface area (Å²) in [7, 11) is 0. The highest BCUT2D eigenvalue weighted by molar-refractivity contribution is 6.30. The molecule has 3 nitrogen and oxygen atoms in total. The van der Waals surface area contributed by atoms with E-state index in [9.17, 15) is 4.79 Å². The summed E-state index contributed by atoms with van der Waals surface area (Å²) in [5.74, 6) is 0.889. The number of benzene rings is 1. The van der Waals surface area contributed by atoms with E-state index in [1.165, 1.54) is 6.07 Å². The number of nitrogens with zero attached hydrogens (tertiary/aromatic N) is 1. The topological polar surface area (TPSA) is 45.8 Å². The number of aromatic nitrogens is 2. The molecule has 0 saturated heterocycles. The highest BCUT2D eigenvalue weighted by atomic mass is 35.5. The van der Waals surface area contributed by atoms with Crippen molar-refractivity contribution in [2.75, 3.05) is 0 Å². The molecule has 2 rings (SSSR count). The zero-order valence-corrected chi connectivity index (χ0v) is 11.6. The molecule has 98 valence electrons. The first-order valence-corrected chi connectivity index (χ1v) is 6.47. The molecular formula is C15H15ClN2O. The van der Waals surface area contributed by atoms with E-state index < -0.39 is 0 Å². The van der Waals surface area contributed by atoms with Crippen molar-refractivity contribution in [2.45, 2.75) is 19.8 Å². The summed E-state index contributed by atoms with van der Waals surface area (Å²) < 4.78 is 0. The summed E-state index contributed by atoms with van der Waals surface area (Å²) >= 11 is 5.82. The zero-order valence-electron chi connectivity index (χ0n) is 10.9. The van der Waals surface area contributed by atoms with Crippen LogP contribution in [0.25, 0.3) is 12.2 Å². The van der Waals surface area contributed by atoms with E-state index in [0.717, 1.165) is 5.56 Å². The van der Waals surface area contributed by atoms with Gasteiger partial charge in [-0.05, 0) is 23.8 Å². The molecule has 0 bridgehead atoms. The fourth-order valence-corrected chi connectivity index (χ4v) is 1.74. The van der Waals surface area contributed by atoms with Crippen LogP contribution in [0.15, 0.2) is 35.1 Å². The molecule has 0 amide bonds. The maximum absolute atomic E-state index is 11.5. The van der Waals surface area contributed by atoms with Crippen molar-refractivity contribution in [1.29, 1.82) is 0 Å². The predicted molar refractivity (Wildman–Crippen MR) is 79.3 cm³/mol. The molecule has 0 unspecified atom stereocenters. The van der Waals surface area contributed by atoms with Gasteiger partial charge in [-0.15, -0.1) is 0 Å². The van der Waals surface area contributed by atoms with Gasteiger partial charge in [0.25, 0.3) is 5.56 Å². The summed E-state index contributed by atoms with van der Waals surface area (Å²) in [5, 5.41) is 0.702. The third-order valence-electron chi connectivity index (χ3n) is 2.64. The molecule has 0 aliphatic heterocycles. The van der Waals surface area contributed by atoms with Crippen LogP contribution in [-0.4, -0.2) is 9.97 Å². The Bertz CT molecular complexity index is 642. The number of H-pyrrole nitrogens is 1. The smallest absolute Gasteiger partial charge is 0.251 e. The minimum Gasteiger partial charge on any atom is -0.310 e. The van der Waals surface area contributed by atoms with Gasteiger partial charge in [0, 0.05) is 17.0 Å². The largest absolute Gasteiger partial charge is 0.310 e. The molecule has 4 heteroatoms. The average Bonchev–Trinajstić information content (AvgIpc) is 2.37. The van der Waals surface area contributed by atoms with Gasteiger partial charge in [0.05, 0.1) is 5.69 Å². The molecule has 0 radical (unpaired) electrons. The van der Waals surface area contributed by atoms with E-state index in [2.05, 4.69) is 9.97 Å². The lowest BCUT2D eigenvalue weighted by atomic mass is 10.2. The van der Waals surface area contributed by atoms with Crippen molar-refractivity contribution in [3.8, 4) is 0 Å². The molecule has 1 N–H and O–H groups in total.